The fourth-order valence-corrected chi connectivity index (χ4v) is 0.700. The molecule has 0 aromatic carbocycles. The SMILES string of the molecule is [CH]C(C)(C)OC([CH])(OC)C(=O)OC. The van der Waals surface area contributed by atoms with Gasteiger partial charge in [-0.2, -0.15) is 0 Å². The van der Waals surface area contributed by atoms with Crippen LogP contribution in [0, 0.1) is 13.8 Å². The van der Waals surface area contributed by atoms with Gasteiger partial charge in [0, 0.05) is 14.0 Å². The Morgan fingerprint density at radius 2 is 1.69 bits per heavy atom. The molecule has 0 bridgehead atoms. The molecule has 0 aliphatic rings. The molecule has 4 heteroatoms. The van der Waals surface area contributed by atoms with E-state index in [2.05, 4.69) is 9.47 Å². The third kappa shape index (κ3) is 3.74. The van der Waals surface area contributed by atoms with E-state index in [1.807, 2.05) is 0 Å². The first-order valence-corrected chi connectivity index (χ1v) is 3.66. The number of carbonyl (C=O) groups is 1. The van der Waals surface area contributed by atoms with Crippen molar-refractivity contribution in [2.45, 2.75) is 25.2 Å². The smallest absolute Gasteiger partial charge is 0.366 e. The maximum atomic E-state index is 11.1. The second kappa shape index (κ2) is 4.07. The van der Waals surface area contributed by atoms with Crippen LogP contribution >= 0.6 is 0 Å². The van der Waals surface area contributed by atoms with Crippen molar-refractivity contribution in [1.29, 1.82) is 0 Å². The number of carbonyl (C=O) groups excluding carboxylic acids is 1. The summed E-state index contributed by atoms with van der Waals surface area (Å²) in [6.07, 6.45) is 0. The molecule has 0 rings (SSSR count). The average molecular weight is 186 g/mol. The molecule has 1 atom stereocenters. The zero-order chi connectivity index (χ0) is 10.7. The fraction of sp³-hybridized carbons (Fsp3) is 0.667. The zero-order valence-electron chi connectivity index (χ0n) is 8.29. The standard InChI is InChI=1S/C9H14O4/c1-8(2,3)13-9(4,12-6)7(10)11-5/h1,4H,2-3,5-6H3. The Kier molecular flexibility index (Phi) is 3.88. The van der Waals surface area contributed by atoms with Crippen LogP contribution in [-0.4, -0.2) is 31.6 Å². The monoisotopic (exact) mass is 186 g/mol. The van der Waals surface area contributed by atoms with E-state index in [1.165, 1.54) is 28.1 Å². The van der Waals surface area contributed by atoms with Crippen LogP contribution in [0.25, 0.3) is 0 Å². The molecule has 4 nitrogen and oxygen atoms in total. The highest BCUT2D eigenvalue weighted by Gasteiger charge is 2.40. The number of ether oxygens (including phenoxy) is 3. The highest BCUT2D eigenvalue weighted by Crippen LogP contribution is 2.21. The summed E-state index contributed by atoms with van der Waals surface area (Å²) in [5, 5.41) is 0. The van der Waals surface area contributed by atoms with Gasteiger partial charge in [0.05, 0.1) is 12.7 Å². The van der Waals surface area contributed by atoms with Crippen LogP contribution in [-0.2, 0) is 19.0 Å². The largest absolute Gasteiger partial charge is 0.465 e. The average Bonchev–Trinajstić information content (AvgIpc) is 1.99. The molecule has 0 fully saturated rings. The van der Waals surface area contributed by atoms with Crippen LogP contribution in [0.2, 0.25) is 0 Å². The summed E-state index contributed by atoms with van der Waals surface area (Å²) in [5.74, 6) is -2.79. The van der Waals surface area contributed by atoms with Crippen molar-refractivity contribution in [3.05, 3.63) is 13.8 Å². The predicted octanol–water partition coefficient (Wildman–Crippen LogP) is 0.719. The molecule has 0 saturated carbocycles. The van der Waals surface area contributed by atoms with Gasteiger partial charge in [0.1, 0.15) is 0 Å². The van der Waals surface area contributed by atoms with E-state index in [0.717, 1.165) is 0 Å². The van der Waals surface area contributed by atoms with Crippen molar-refractivity contribution < 1.29 is 19.0 Å². The number of esters is 1. The zero-order valence-corrected chi connectivity index (χ0v) is 8.29. The number of hydrogen-bond donors (Lipinski definition) is 0. The van der Waals surface area contributed by atoms with E-state index in [9.17, 15) is 4.79 Å². The second-order valence-electron chi connectivity index (χ2n) is 3.07. The minimum atomic E-state index is -1.95. The van der Waals surface area contributed by atoms with Crippen molar-refractivity contribution in [2.75, 3.05) is 14.2 Å². The Morgan fingerprint density at radius 1 is 1.23 bits per heavy atom. The summed E-state index contributed by atoms with van der Waals surface area (Å²) in [5.41, 5.74) is -1.08. The molecule has 0 heterocycles. The lowest BCUT2D eigenvalue weighted by molar-refractivity contribution is -0.242. The van der Waals surface area contributed by atoms with Crippen molar-refractivity contribution >= 4 is 5.97 Å². The molecular weight excluding hydrogens is 172 g/mol. The van der Waals surface area contributed by atoms with Crippen molar-refractivity contribution in [3.63, 3.8) is 0 Å². The van der Waals surface area contributed by atoms with E-state index in [1.54, 1.807) is 0 Å². The highest BCUT2D eigenvalue weighted by atomic mass is 16.7. The van der Waals surface area contributed by atoms with Crippen LogP contribution in [0.3, 0.4) is 0 Å². The summed E-state index contributed by atoms with van der Waals surface area (Å²) >= 11 is 0. The van der Waals surface area contributed by atoms with Gasteiger partial charge in [0.15, 0.2) is 0 Å². The summed E-state index contributed by atoms with van der Waals surface area (Å²) in [6.45, 7) is 14.0. The van der Waals surface area contributed by atoms with Gasteiger partial charge in [-0.15, -0.1) is 0 Å². The first-order chi connectivity index (χ1) is 5.75. The minimum absolute atomic E-state index is 0.839. The second-order valence-corrected chi connectivity index (χ2v) is 3.07. The molecule has 0 spiro atoms. The van der Waals surface area contributed by atoms with Crippen molar-refractivity contribution in [1.82, 2.24) is 0 Å². The number of rotatable bonds is 4. The third-order valence-electron chi connectivity index (χ3n) is 1.19. The van der Waals surface area contributed by atoms with Gasteiger partial charge in [-0.05, 0) is 20.8 Å². The molecule has 0 aromatic heterocycles. The molecule has 0 amide bonds. The van der Waals surface area contributed by atoms with E-state index >= 15 is 0 Å². The Morgan fingerprint density at radius 3 is 1.92 bits per heavy atom. The molecule has 0 saturated heterocycles. The fourth-order valence-electron chi connectivity index (χ4n) is 0.700. The van der Waals surface area contributed by atoms with Gasteiger partial charge in [0.2, 0.25) is 0 Å². The third-order valence-corrected chi connectivity index (χ3v) is 1.19. The number of hydrogen-bond acceptors (Lipinski definition) is 4. The Bertz CT molecular complexity index is 183. The maximum Gasteiger partial charge on any atom is 0.366 e. The van der Waals surface area contributed by atoms with Crippen LogP contribution in [0.4, 0.5) is 0 Å². The molecule has 13 heavy (non-hydrogen) atoms. The van der Waals surface area contributed by atoms with E-state index in [-0.39, 0.29) is 0 Å². The van der Waals surface area contributed by atoms with Crippen LogP contribution in [0.5, 0.6) is 0 Å². The van der Waals surface area contributed by atoms with Gasteiger partial charge >= 0.3 is 5.97 Å². The van der Waals surface area contributed by atoms with E-state index < -0.39 is 17.4 Å². The maximum absolute atomic E-state index is 11.1. The van der Waals surface area contributed by atoms with Gasteiger partial charge in [-0.25, -0.2) is 4.79 Å². The first kappa shape index (κ1) is 12.4. The molecule has 0 aliphatic heterocycles. The topological polar surface area (TPSA) is 44.8 Å². The lowest BCUT2D eigenvalue weighted by Crippen LogP contribution is -2.46. The van der Waals surface area contributed by atoms with Crippen LogP contribution in [0.15, 0.2) is 0 Å². The van der Waals surface area contributed by atoms with E-state index in [0.29, 0.717) is 0 Å². The van der Waals surface area contributed by atoms with Gasteiger partial charge in [-0.1, -0.05) is 0 Å². The van der Waals surface area contributed by atoms with Crippen LogP contribution < -0.4 is 0 Å². The van der Waals surface area contributed by atoms with Gasteiger partial charge in [-0.3, -0.25) is 0 Å². The molecule has 1 unspecified atom stereocenters. The van der Waals surface area contributed by atoms with Crippen LogP contribution in [0.1, 0.15) is 13.8 Å². The normalized spacial score (nSPS) is 16.5. The molecule has 0 aromatic rings. The Hall–Kier alpha value is -0.610. The molecule has 0 aliphatic carbocycles. The molecule has 0 N–H and O–H groups in total. The summed E-state index contributed by atoms with van der Waals surface area (Å²) < 4.78 is 14.0. The lowest BCUT2D eigenvalue weighted by Gasteiger charge is -2.32. The van der Waals surface area contributed by atoms with Gasteiger partial charge in [0.25, 0.3) is 5.79 Å². The quantitative estimate of drug-likeness (QED) is 0.479. The Balaban J connectivity index is 4.55. The summed E-state index contributed by atoms with van der Waals surface area (Å²) in [6, 6.07) is 0. The van der Waals surface area contributed by atoms with E-state index in [4.69, 9.17) is 18.6 Å². The van der Waals surface area contributed by atoms with Crippen molar-refractivity contribution in [3.8, 4) is 0 Å². The Labute approximate surface area is 79.2 Å². The number of methoxy groups -OCH3 is 2. The lowest BCUT2D eigenvalue weighted by atomic mass is 10.1. The van der Waals surface area contributed by atoms with Gasteiger partial charge < -0.3 is 14.2 Å². The van der Waals surface area contributed by atoms with Crippen molar-refractivity contribution in [2.24, 2.45) is 0 Å². The minimum Gasteiger partial charge on any atom is -0.465 e. The summed E-state index contributed by atoms with van der Waals surface area (Å²) in [7, 11) is 2.40. The molecule has 74 valence electrons. The predicted molar refractivity (Wildman–Crippen MR) is 45.5 cm³/mol. The molecule has 4 radical (unpaired) electrons. The highest BCUT2D eigenvalue weighted by molar-refractivity contribution is 5.78. The first-order valence-electron chi connectivity index (χ1n) is 3.66. The molecular formula is C9H14O4. The summed E-state index contributed by atoms with van der Waals surface area (Å²) in [4.78, 5) is 11.1.